The maximum absolute atomic E-state index is 12.8. The molecule has 2 heterocycles. The number of aromatic amines is 2. The minimum atomic E-state index is -0.691. The Morgan fingerprint density at radius 1 is 1.21 bits per heavy atom. The third kappa shape index (κ3) is 3.10. The summed E-state index contributed by atoms with van der Waals surface area (Å²) in [5, 5.41) is 15.0. The third-order valence-corrected chi connectivity index (χ3v) is 4.66. The first-order valence-electron chi connectivity index (χ1n) is 8.84. The van der Waals surface area contributed by atoms with Crippen LogP contribution < -0.4 is 16.0 Å². The number of benzene rings is 2. The maximum Gasteiger partial charge on any atom is 0.350 e. The summed E-state index contributed by atoms with van der Waals surface area (Å²) >= 11 is 0. The molecule has 4 aromatic rings. The molecule has 0 fully saturated rings. The number of fused-ring (bicyclic) bond motifs is 3. The molecule has 0 aliphatic rings. The van der Waals surface area contributed by atoms with Crippen LogP contribution in [0.3, 0.4) is 0 Å². The number of phenols is 1. The molecule has 0 unspecified atom stereocenters. The van der Waals surface area contributed by atoms with Crippen molar-refractivity contribution in [3.63, 3.8) is 0 Å². The number of para-hydroxylation sites is 1. The number of rotatable bonds is 5. The SMILES string of the molecule is C=CCc1cccc(C=Nn2c(=O)[nH]c3c([nH]c4ccc(OC)cc43)c2=O)c1O. The van der Waals surface area contributed by atoms with E-state index in [0.29, 0.717) is 44.4 Å². The zero-order valence-corrected chi connectivity index (χ0v) is 15.6. The fourth-order valence-electron chi connectivity index (χ4n) is 3.21. The first-order valence-corrected chi connectivity index (χ1v) is 8.84. The summed E-state index contributed by atoms with van der Waals surface area (Å²) in [5.41, 5.74) is 1.05. The number of nitrogens with one attached hydrogen (secondary N) is 2. The lowest BCUT2D eigenvalue weighted by atomic mass is 10.1. The van der Waals surface area contributed by atoms with Gasteiger partial charge in [0.15, 0.2) is 0 Å². The molecule has 2 aromatic heterocycles. The molecular formula is C21H18N4O4. The third-order valence-electron chi connectivity index (χ3n) is 4.66. The molecule has 0 bridgehead atoms. The van der Waals surface area contributed by atoms with Crippen LogP contribution in [0.15, 0.2) is 63.7 Å². The van der Waals surface area contributed by atoms with Gasteiger partial charge in [-0.05, 0) is 36.2 Å². The van der Waals surface area contributed by atoms with Crippen LogP contribution in [0.1, 0.15) is 11.1 Å². The van der Waals surface area contributed by atoms with Crippen molar-refractivity contribution in [1.82, 2.24) is 14.6 Å². The van der Waals surface area contributed by atoms with Gasteiger partial charge in [-0.2, -0.15) is 5.10 Å². The van der Waals surface area contributed by atoms with E-state index in [4.69, 9.17) is 4.74 Å². The molecule has 0 radical (unpaired) electrons. The standard InChI is InChI=1S/C21H18N4O4/c1-3-5-12-6-4-7-13(19(12)26)11-22-25-20(27)18-17(24-21(25)28)15-10-14(29-2)8-9-16(15)23-18/h3-4,6-11,23,26H,1,5H2,2H3,(H,24,28). The van der Waals surface area contributed by atoms with E-state index in [1.807, 2.05) is 0 Å². The number of ether oxygens (including phenoxy) is 1. The van der Waals surface area contributed by atoms with Gasteiger partial charge < -0.3 is 19.8 Å². The highest BCUT2D eigenvalue weighted by Gasteiger charge is 2.13. The summed E-state index contributed by atoms with van der Waals surface area (Å²) in [7, 11) is 1.54. The molecule has 146 valence electrons. The van der Waals surface area contributed by atoms with Crippen LogP contribution >= 0.6 is 0 Å². The molecule has 0 atom stereocenters. The summed E-state index contributed by atoms with van der Waals surface area (Å²) in [6, 6.07) is 10.4. The number of hydrogen-bond acceptors (Lipinski definition) is 5. The monoisotopic (exact) mass is 390 g/mol. The number of hydrogen-bond donors (Lipinski definition) is 3. The number of H-pyrrole nitrogens is 2. The molecule has 29 heavy (non-hydrogen) atoms. The van der Waals surface area contributed by atoms with Crippen molar-refractivity contribution in [3.05, 3.63) is 81.0 Å². The van der Waals surface area contributed by atoms with E-state index in [0.717, 1.165) is 0 Å². The quantitative estimate of drug-likeness (QED) is 0.359. The Labute approximate surface area is 164 Å². The van der Waals surface area contributed by atoms with Crippen LogP contribution in [-0.4, -0.2) is 33.1 Å². The second-order valence-corrected chi connectivity index (χ2v) is 6.43. The number of phenolic OH excluding ortho intramolecular Hbond substituents is 1. The molecule has 8 heteroatoms. The van der Waals surface area contributed by atoms with Crippen molar-refractivity contribution in [1.29, 1.82) is 0 Å². The summed E-state index contributed by atoms with van der Waals surface area (Å²) in [6.07, 6.45) is 3.43. The topological polar surface area (TPSA) is 112 Å². The molecule has 3 N–H and O–H groups in total. The summed E-state index contributed by atoms with van der Waals surface area (Å²) < 4.78 is 5.92. The Kier molecular flexibility index (Phi) is 4.52. The highest BCUT2D eigenvalue weighted by atomic mass is 16.5. The molecule has 0 spiro atoms. The lowest BCUT2D eigenvalue weighted by Crippen LogP contribution is -2.32. The Hall–Kier alpha value is -4.07. The summed E-state index contributed by atoms with van der Waals surface area (Å²) in [6.45, 7) is 3.65. The van der Waals surface area contributed by atoms with Gasteiger partial charge in [-0.15, -0.1) is 11.3 Å². The first-order chi connectivity index (χ1) is 14.0. The zero-order chi connectivity index (χ0) is 20.5. The van der Waals surface area contributed by atoms with Crippen LogP contribution in [0, 0.1) is 0 Å². The Morgan fingerprint density at radius 3 is 2.79 bits per heavy atom. The zero-order valence-electron chi connectivity index (χ0n) is 15.6. The summed E-state index contributed by atoms with van der Waals surface area (Å²) in [5.74, 6) is 0.635. The number of aromatic nitrogens is 3. The van der Waals surface area contributed by atoms with Gasteiger partial charge in [0, 0.05) is 16.5 Å². The molecule has 0 saturated carbocycles. The molecule has 0 aliphatic carbocycles. The normalized spacial score (nSPS) is 11.5. The minimum absolute atomic E-state index is 0.0272. The van der Waals surface area contributed by atoms with Crippen LogP contribution in [0.2, 0.25) is 0 Å². The van der Waals surface area contributed by atoms with Crippen molar-refractivity contribution in [2.75, 3.05) is 7.11 Å². The van der Waals surface area contributed by atoms with E-state index in [-0.39, 0.29) is 11.3 Å². The van der Waals surface area contributed by atoms with Crippen molar-refractivity contribution >= 4 is 28.2 Å². The highest BCUT2D eigenvalue weighted by molar-refractivity contribution is 6.04. The van der Waals surface area contributed by atoms with Crippen LogP contribution in [0.4, 0.5) is 0 Å². The molecule has 0 aliphatic heterocycles. The van der Waals surface area contributed by atoms with E-state index in [1.165, 1.54) is 6.21 Å². The fraction of sp³-hybridized carbons (Fsp3) is 0.0952. The van der Waals surface area contributed by atoms with Crippen LogP contribution in [-0.2, 0) is 6.42 Å². The predicted octanol–water partition coefficient (Wildman–Crippen LogP) is 2.50. The van der Waals surface area contributed by atoms with E-state index < -0.39 is 11.2 Å². The Balaban J connectivity index is 1.85. The number of nitrogens with zero attached hydrogens (tertiary/aromatic N) is 2. The molecule has 0 amide bonds. The largest absolute Gasteiger partial charge is 0.507 e. The summed E-state index contributed by atoms with van der Waals surface area (Å²) in [4.78, 5) is 31.0. The minimum Gasteiger partial charge on any atom is -0.507 e. The van der Waals surface area contributed by atoms with Gasteiger partial charge >= 0.3 is 11.2 Å². The number of aromatic hydroxyl groups is 1. The van der Waals surface area contributed by atoms with E-state index in [1.54, 1.807) is 49.6 Å². The van der Waals surface area contributed by atoms with Gasteiger partial charge in [0.05, 0.1) is 18.8 Å². The first kappa shape index (κ1) is 18.3. The Morgan fingerprint density at radius 2 is 2.03 bits per heavy atom. The van der Waals surface area contributed by atoms with Crippen molar-refractivity contribution in [2.24, 2.45) is 5.10 Å². The lowest BCUT2D eigenvalue weighted by Gasteiger charge is -2.04. The van der Waals surface area contributed by atoms with Gasteiger partial charge in [-0.25, -0.2) is 4.79 Å². The molecule has 4 rings (SSSR count). The van der Waals surface area contributed by atoms with Gasteiger partial charge in [0.1, 0.15) is 17.0 Å². The average molecular weight is 390 g/mol. The Bertz CT molecular complexity index is 1390. The average Bonchev–Trinajstić information content (AvgIpc) is 3.08. The number of methoxy groups -OCH3 is 1. The van der Waals surface area contributed by atoms with Gasteiger partial charge in [0.2, 0.25) is 0 Å². The van der Waals surface area contributed by atoms with E-state index in [9.17, 15) is 14.7 Å². The maximum atomic E-state index is 12.8. The molecule has 0 saturated heterocycles. The predicted molar refractivity (Wildman–Crippen MR) is 112 cm³/mol. The fourth-order valence-corrected chi connectivity index (χ4v) is 3.21. The van der Waals surface area contributed by atoms with Gasteiger partial charge in [-0.1, -0.05) is 18.2 Å². The van der Waals surface area contributed by atoms with Crippen molar-refractivity contribution < 1.29 is 9.84 Å². The van der Waals surface area contributed by atoms with Crippen molar-refractivity contribution in [2.45, 2.75) is 6.42 Å². The van der Waals surface area contributed by atoms with Gasteiger partial charge in [0.25, 0.3) is 0 Å². The van der Waals surface area contributed by atoms with E-state index >= 15 is 0 Å². The second kappa shape index (κ2) is 7.16. The van der Waals surface area contributed by atoms with Gasteiger partial charge in [-0.3, -0.25) is 4.79 Å². The second-order valence-electron chi connectivity index (χ2n) is 6.43. The molecular weight excluding hydrogens is 372 g/mol. The smallest absolute Gasteiger partial charge is 0.350 e. The molecule has 8 nitrogen and oxygen atoms in total. The van der Waals surface area contributed by atoms with E-state index in [2.05, 4.69) is 21.6 Å². The van der Waals surface area contributed by atoms with Crippen LogP contribution in [0.25, 0.3) is 21.9 Å². The number of allylic oxidation sites excluding steroid dienone is 1. The highest BCUT2D eigenvalue weighted by Crippen LogP contribution is 2.25. The lowest BCUT2D eigenvalue weighted by molar-refractivity contribution is 0.415. The molecule has 2 aromatic carbocycles. The van der Waals surface area contributed by atoms with Crippen molar-refractivity contribution in [3.8, 4) is 11.5 Å². The van der Waals surface area contributed by atoms with Crippen LogP contribution in [0.5, 0.6) is 11.5 Å².